The summed E-state index contributed by atoms with van der Waals surface area (Å²) in [6.07, 6.45) is 9.67. The minimum Gasteiger partial charge on any atom is -0.344 e. The van der Waals surface area contributed by atoms with Crippen LogP contribution in [0.1, 0.15) is 85.3 Å². The molecule has 0 bridgehead atoms. The van der Waals surface area contributed by atoms with Crippen molar-refractivity contribution in [2.24, 2.45) is 0 Å². The Labute approximate surface area is 421 Å². The van der Waals surface area contributed by atoms with Gasteiger partial charge in [0.05, 0.1) is 33.4 Å². The number of piperazine rings is 1. The van der Waals surface area contributed by atoms with Crippen LogP contribution in [-0.2, 0) is 56.1 Å². The maximum Gasteiger partial charge on any atom is 0.294 e. The van der Waals surface area contributed by atoms with Gasteiger partial charge in [-0.1, -0.05) is 64.1 Å². The summed E-state index contributed by atoms with van der Waals surface area (Å²) in [7, 11) is -17.7. The number of anilines is 2. The van der Waals surface area contributed by atoms with Crippen LogP contribution in [0.3, 0.4) is 0 Å². The van der Waals surface area contributed by atoms with E-state index in [-0.39, 0.29) is 41.6 Å². The zero-order valence-corrected chi connectivity index (χ0v) is 44.5. The minimum atomic E-state index is -4.49. The number of hydrogen-bond donors (Lipinski definition) is 4. The number of carbonyl (C=O) groups is 1. The summed E-state index contributed by atoms with van der Waals surface area (Å²) < 4.78 is 139. The molecule has 0 radical (unpaired) electrons. The van der Waals surface area contributed by atoms with E-state index >= 15 is 0 Å². The molecule has 4 aromatic carbocycles. The molecule has 2 fully saturated rings. The first-order valence-electron chi connectivity index (χ1n) is 23.7. The average Bonchev–Trinajstić information content (AvgIpc) is 3.87. The van der Waals surface area contributed by atoms with Gasteiger partial charge in [0.1, 0.15) is 0 Å². The molecule has 2 unspecified atom stereocenters. The second-order valence-electron chi connectivity index (χ2n) is 20.2. The molecule has 1 saturated carbocycles. The fourth-order valence-corrected chi connectivity index (χ4v) is 12.8. The second-order valence-corrected chi connectivity index (χ2v) is 26.8. The molecule has 1 aliphatic carbocycles. The number of fused-ring (bicyclic) bond motifs is 6. The maximum absolute atomic E-state index is 12.5. The molecule has 1 amide bonds. The SMILES string of the molecule is CC(=O)N1CC[N+](=C2C(=CC=C3N(CCC(C)S(=O)(=O)O)c4ccc5cc(S(=O)(=O)O)ccc5c4C3(C)C)CCC2=C/C=C2/N(CCC(C)S(=O)(=O)O)c3ccc4cc(S(=O)(=O)O)ccc4c3C2(C)C)CC1. The van der Waals surface area contributed by atoms with Crippen molar-refractivity contribution in [3.8, 4) is 0 Å². The molecule has 21 heteroatoms. The highest BCUT2D eigenvalue weighted by Crippen LogP contribution is 2.53. The van der Waals surface area contributed by atoms with Crippen LogP contribution in [0.4, 0.5) is 11.4 Å². The Hall–Kier alpha value is -5.26. The lowest BCUT2D eigenvalue weighted by Gasteiger charge is -2.28. The predicted octanol–water partition coefficient (Wildman–Crippen LogP) is 7.44. The number of benzene rings is 4. The molecular weight excluding hydrogens is 1000 g/mol. The van der Waals surface area contributed by atoms with E-state index in [1.165, 1.54) is 38.1 Å². The molecule has 8 rings (SSSR count). The first kappa shape index (κ1) is 53.0. The van der Waals surface area contributed by atoms with Crippen molar-refractivity contribution in [2.75, 3.05) is 49.1 Å². The smallest absolute Gasteiger partial charge is 0.294 e. The third kappa shape index (κ3) is 10.1. The van der Waals surface area contributed by atoms with Gasteiger partial charge in [-0.15, -0.1) is 0 Å². The molecule has 0 aromatic heterocycles. The summed E-state index contributed by atoms with van der Waals surface area (Å²) in [5.41, 5.74) is 6.53. The van der Waals surface area contributed by atoms with Crippen LogP contribution in [-0.4, -0.2) is 123 Å². The maximum atomic E-state index is 12.5. The van der Waals surface area contributed by atoms with E-state index in [9.17, 15) is 56.7 Å². The topological polar surface area (TPSA) is 247 Å². The Morgan fingerprint density at radius 2 is 1.00 bits per heavy atom. The lowest BCUT2D eigenvalue weighted by molar-refractivity contribution is -0.537. The molecular formula is C51H61N4O13S4+. The molecule has 17 nitrogen and oxygen atoms in total. The lowest BCUT2D eigenvalue weighted by Crippen LogP contribution is -2.46. The zero-order valence-electron chi connectivity index (χ0n) is 41.2. The van der Waals surface area contributed by atoms with Crippen LogP contribution in [0.5, 0.6) is 0 Å². The van der Waals surface area contributed by atoms with Crippen molar-refractivity contribution in [2.45, 2.75) is 105 Å². The Morgan fingerprint density at radius 1 is 0.611 bits per heavy atom. The van der Waals surface area contributed by atoms with Gasteiger partial charge in [0, 0.05) is 64.8 Å². The Balaban J connectivity index is 1.26. The fraction of sp³-hybridized carbons (Fsp3) is 0.412. The van der Waals surface area contributed by atoms with Crippen LogP contribution in [0.2, 0.25) is 0 Å². The summed E-state index contributed by atoms with van der Waals surface area (Å²) in [5, 5.41) is 0.535. The highest BCUT2D eigenvalue weighted by molar-refractivity contribution is 7.87. The van der Waals surface area contributed by atoms with Crippen LogP contribution in [0.25, 0.3) is 21.5 Å². The first-order chi connectivity index (χ1) is 33.4. The van der Waals surface area contributed by atoms with E-state index in [2.05, 4.69) is 16.7 Å². The largest absolute Gasteiger partial charge is 0.344 e. The van der Waals surface area contributed by atoms with Crippen molar-refractivity contribution in [1.29, 1.82) is 0 Å². The molecule has 4 N–H and O–H groups in total. The van der Waals surface area contributed by atoms with Crippen molar-refractivity contribution < 1.29 is 61.3 Å². The van der Waals surface area contributed by atoms with Gasteiger partial charge in [-0.25, -0.2) is 4.58 Å². The van der Waals surface area contributed by atoms with Crippen molar-refractivity contribution in [1.82, 2.24) is 4.90 Å². The van der Waals surface area contributed by atoms with Crippen molar-refractivity contribution >= 4 is 85.0 Å². The van der Waals surface area contributed by atoms with E-state index in [4.69, 9.17) is 0 Å². The molecule has 1 saturated heterocycles. The molecule has 3 aliphatic heterocycles. The van der Waals surface area contributed by atoms with Gasteiger partial charge < -0.3 is 14.7 Å². The summed E-state index contributed by atoms with van der Waals surface area (Å²) in [5.74, 6) is -0.0200. The molecule has 2 atom stereocenters. The van der Waals surface area contributed by atoms with Crippen LogP contribution >= 0.6 is 0 Å². The van der Waals surface area contributed by atoms with E-state index < -0.39 is 61.8 Å². The van der Waals surface area contributed by atoms with Crippen LogP contribution < -0.4 is 9.80 Å². The Morgan fingerprint density at radius 3 is 1.35 bits per heavy atom. The summed E-state index contributed by atoms with van der Waals surface area (Å²) in [6, 6.07) is 16.1. The van der Waals surface area contributed by atoms with Gasteiger partial charge in [-0.05, 0) is 121 Å². The minimum absolute atomic E-state index is 0.0200. The Kier molecular flexibility index (Phi) is 13.9. The number of rotatable bonds is 12. The third-order valence-electron chi connectivity index (χ3n) is 15.0. The first-order valence-corrected chi connectivity index (χ1v) is 29.6. The summed E-state index contributed by atoms with van der Waals surface area (Å²) in [4.78, 5) is 17.9. The molecule has 0 spiro atoms. The lowest BCUT2D eigenvalue weighted by atomic mass is 9.81. The molecule has 4 aromatic rings. The second kappa shape index (κ2) is 18.9. The number of carbonyl (C=O) groups excluding carboxylic acids is 1. The summed E-state index contributed by atoms with van der Waals surface area (Å²) >= 11 is 0. The van der Waals surface area contributed by atoms with E-state index in [0.717, 1.165) is 61.5 Å². The van der Waals surface area contributed by atoms with Crippen LogP contribution in [0, 0.1) is 0 Å². The third-order valence-corrected chi connectivity index (χ3v) is 19.2. The normalized spacial score (nSPS) is 21.5. The van der Waals surface area contributed by atoms with E-state index in [1.807, 2.05) is 66.7 Å². The zero-order chi connectivity index (χ0) is 52.7. The highest BCUT2D eigenvalue weighted by Gasteiger charge is 2.44. The fourth-order valence-electron chi connectivity index (χ4n) is 10.9. The van der Waals surface area contributed by atoms with Gasteiger partial charge in [-0.2, -0.15) is 33.7 Å². The summed E-state index contributed by atoms with van der Waals surface area (Å²) in [6.45, 7) is 15.2. The van der Waals surface area contributed by atoms with Crippen LogP contribution in [0.15, 0.2) is 117 Å². The van der Waals surface area contributed by atoms with Gasteiger partial charge in [0.25, 0.3) is 40.5 Å². The van der Waals surface area contributed by atoms with Gasteiger partial charge in [0.2, 0.25) is 11.6 Å². The van der Waals surface area contributed by atoms with E-state index in [0.29, 0.717) is 49.8 Å². The monoisotopic (exact) mass is 1070 g/mol. The van der Waals surface area contributed by atoms with Gasteiger partial charge >= 0.3 is 0 Å². The van der Waals surface area contributed by atoms with Gasteiger partial charge in [0.15, 0.2) is 13.1 Å². The number of hydrogen-bond acceptors (Lipinski definition) is 11. The highest BCUT2D eigenvalue weighted by atomic mass is 32.2. The quantitative estimate of drug-likeness (QED) is 0.0795. The van der Waals surface area contributed by atoms with Crippen molar-refractivity contribution in [3.63, 3.8) is 0 Å². The molecule has 386 valence electrons. The average molecular weight is 1070 g/mol. The Bertz CT molecular complexity index is 3350. The van der Waals surface area contributed by atoms with E-state index in [1.54, 1.807) is 31.2 Å². The predicted molar refractivity (Wildman–Crippen MR) is 278 cm³/mol. The van der Waals surface area contributed by atoms with Crippen molar-refractivity contribution in [3.05, 3.63) is 119 Å². The molecule has 72 heavy (non-hydrogen) atoms. The van der Waals surface area contributed by atoms with Gasteiger partial charge in [-0.3, -0.25) is 23.0 Å². The number of amides is 1. The standard InChI is InChI=1S/C51H60N4O13S4/c1-32(69(57,58)59)22-24-54-43-18-10-37-30-39(71(63,64)65)14-16-41(37)47(43)50(4,5)45(54)20-12-35-8-9-36(49(35)53-28-26-52(27-29-53)34(3)56)13-21-46-51(6,7)48-42-17-15-40(72(66,67)68)31-38(42)11-19-44(48)55(46)25-23-33(2)70(60,61)62/h10-21,30-33H,8-9,22-29H2,1-7H3,(H3-,57,58,59,60,61,62,63,64,65,66,67,68)/p+1. The molecule has 4 aliphatic rings. The number of allylic oxidation sites excluding steroid dienone is 8. The molecule has 3 heterocycles. The number of nitrogens with zero attached hydrogens (tertiary/aromatic N) is 4.